The van der Waals surface area contributed by atoms with Crippen molar-refractivity contribution < 1.29 is 8.42 Å². The van der Waals surface area contributed by atoms with Crippen molar-refractivity contribution in [3.8, 4) is 0 Å². The predicted molar refractivity (Wildman–Crippen MR) is 78.5 cm³/mol. The maximum absolute atomic E-state index is 12.3. The van der Waals surface area contributed by atoms with Crippen LogP contribution in [0.15, 0.2) is 23.2 Å². The molecule has 0 atom stereocenters. The van der Waals surface area contributed by atoms with E-state index in [0.29, 0.717) is 11.3 Å². The average molecular weight is 335 g/mol. The Bertz CT molecular complexity index is 743. The molecular weight excluding hydrogens is 323 g/mol. The first kappa shape index (κ1) is 15.1. The third-order valence-electron chi connectivity index (χ3n) is 2.69. The Morgan fingerprint density at radius 1 is 1.40 bits per heavy atom. The summed E-state index contributed by atoms with van der Waals surface area (Å²) in [6.45, 7) is 1.75. The van der Waals surface area contributed by atoms with Gasteiger partial charge >= 0.3 is 0 Å². The third-order valence-corrected chi connectivity index (χ3v) is 4.84. The lowest BCUT2D eigenvalue weighted by molar-refractivity contribution is 0.596. The fourth-order valence-electron chi connectivity index (χ4n) is 1.67. The molecule has 1 heterocycles. The SMILES string of the molecule is Cc1[nH]nc(S(=O)(=O)Nc2cccc(Cl)c2Cl)c1CN. The zero-order valence-corrected chi connectivity index (χ0v) is 12.8. The molecule has 0 bridgehead atoms. The molecule has 0 aliphatic rings. The Hall–Kier alpha value is -1.28. The molecule has 20 heavy (non-hydrogen) atoms. The number of nitrogens with zero attached hydrogens (tertiary/aromatic N) is 1. The van der Waals surface area contributed by atoms with E-state index in [-0.39, 0.29) is 27.3 Å². The van der Waals surface area contributed by atoms with Crippen molar-refractivity contribution in [2.75, 3.05) is 4.72 Å². The number of nitrogens with two attached hydrogens (primary N) is 1. The minimum atomic E-state index is -3.89. The van der Waals surface area contributed by atoms with Crippen molar-refractivity contribution in [3.05, 3.63) is 39.5 Å². The molecule has 0 saturated carbocycles. The summed E-state index contributed by atoms with van der Waals surface area (Å²) in [5, 5.41) is 6.61. The van der Waals surface area contributed by atoms with Crippen LogP contribution in [0.2, 0.25) is 10.0 Å². The number of anilines is 1. The minimum absolute atomic E-state index is 0.0574. The first-order chi connectivity index (χ1) is 9.36. The molecule has 0 amide bonds. The number of rotatable bonds is 4. The van der Waals surface area contributed by atoms with Crippen molar-refractivity contribution in [3.63, 3.8) is 0 Å². The van der Waals surface area contributed by atoms with E-state index in [1.165, 1.54) is 6.07 Å². The van der Waals surface area contributed by atoms with Gasteiger partial charge in [0, 0.05) is 17.8 Å². The van der Waals surface area contributed by atoms with E-state index >= 15 is 0 Å². The van der Waals surface area contributed by atoms with Gasteiger partial charge in [0.05, 0.1) is 15.7 Å². The second-order valence-corrected chi connectivity index (χ2v) is 6.43. The van der Waals surface area contributed by atoms with Crippen LogP contribution in [0.1, 0.15) is 11.3 Å². The number of aromatic nitrogens is 2. The Morgan fingerprint density at radius 3 is 2.75 bits per heavy atom. The maximum Gasteiger partial charge on any atom is 0.281 e. The zero-order valence-electron chi connectivity index (χ0n) is 10.4. The third kappa shape index (κ3) is 2.76. The molecule has 1 aromatic heterocycles. The van der Waals surface area contributed by atoms with E-state index < -0.39 is 10.0 Å². The lowest BCUT2D eigenvalue weighted by atomic mass is 10.3. The molecule has 0 fully saturated rings. The maximum atomic E-state index is 12.3. The van der Waals surface area contributed by atoms with Crippen LogP contribution >= 0.6 is 23.2 Å². The molecule has 1 aromatic carbocycles. The van der Waals surface area contributed by atoms with Crippen molar-refractivity contribution in [2.45, 2.75) is 18.5 Å². The van der Waals surface area contributed by atoms with Gasteiger partial charge in [0.25, 0.3) is 10.0 Å². The summed E-state index contributed by atoms with van der Waals surface area (Å²) < 4.78 is 27.0. The number of nitrogens with one attached hydrogen (secondary N) is 2. The van der Waals surface area contributed by atoms with Crippen molar-refractivity contribution in [2.24, 2.45) is 5.73 Å². The van der Waals surface area contributed by atoms with Crippen LogP contribution in [0.5, 0.6) is 0 Å². The highest BCUT2D eigenvalue weighted by atomic mass is 35.5. The van der Waals surface area contributed by atoms with Crippen molar-refractivity contribution in [1.82, 2.24) is 10.2 Å². The monoisotopic (exact) mass is 334 g/mol. The van der Waals surface area contributed by atoms with Gasteiger partial charge in [-0.1, -0.05) is 29.3 Å². The lowest BCUT2D eigenvalue weighted by Crippen LogP contribution is -2.16. The number of benzene rings is 1. The first-order valence-corrected chi connectivity index (χ1v) is 7.81. The van der Waals surface area contributed by atoms with Crippen LogP contribution in [-0.4, -0.2) is 18.6 Å². The number of aromatic amines is 1. The Balaban J connectivity index is 2.44. The van der Waals surface area contributed by atoms with Gasteiger partial charge in [-0.3, -0.25) is 9.82 Å². The summed E-state index contributed by atoms with van der Waals surface area (Å²) in [4.78, 5) is 0. The van der Waals surface area contributed by atoms with Crippen LogP contribution in [0.3, 0.4) is 0 Å². The summed E-state index contributed by atoms with van der Waals surface area (Å²) in [5.74, 6) is 0. The fourth-order valence-corrected chi connectivity index (χ4v) is 3.36. The largest absolute Gasteiger partial charge is 0.326 e. The van der Waals surface area contributed by atoms with E-state index in [2.05, 4.69) is 14.9 Å². The minimum Gasteiger partial charge on any atom is -0.326 e. The van der Waals surface area contributed by atoms with E-state index in [1.807, 2.05) is 0 Å². The standard InChI is InChI=1S/C11H12Cl2N4O2S/c1-6-7(5-14)11(16-15-6)20(18,19)17-9-4-2-3-8(12)10(9)13/h2-4,17H,5,14H2,1H3,(H,15,16). The number of halogens is 2. The van der Waals surface area contributed by atoms with Gasteiger partial charge in [0.1, 0.15) is 0 Å². The first-order valence-electron chi connectivity index (χ1n) is 5.57. The number of aryl methyl sites for hydroxylation is 1. The number of sulfonamides is 1. The molecule has 108 valence electrons. The Labute approximate surface area is 126 Å². The molecule has 2 rings (SSSR count). The number of H-pyrrole nitrogens is 1. The molecule has 0 unspecified atom stereocenters. The molecule has 0 spiro atoms. The van der Waals surface area contributed by atoms with E-state index in [9.17, 15) is 8.42 Å². The highest BCUT2D eigenvalue weighted by Gasteiger charge is 2.24. The molecule has 6 nitrogen and oxygen atoms in total. The Kier molecular flexibility index (Phi) is 4.24. The van der Waals surface area contributed by atoms with Crippen molar-refractivity contribution in [1.29, 1.82) is 0 Å². The predicted octanol–water partition coefficient (Wildman–Crippen LogP) is 2.28. The number of hydrogen-bond donors (Lipinski definition) is 3. The van der Waals surface area contributed by atoms with E-state index in [4.69, 9.17) is 28.9 Å². The fraction of sp³-hybridized carbons (Fsp3) is 0.182. The smallest absolute Gasteiger partial charge is 0.281 e. The normalized spacial score (nSPS) is 11.6. The summed E-state index contributed by atoms with van der Waals surface area (Å²) >= 11 is 11.8. The molecule has 0 saturated heterocycles. The van der Waals surface area contributed by atoms with Gasteiger partial charge in [-0.25, -0.2) is 0 Å². The molecule has 4 N–H and O–H groups in total. The van der Waals surface area contributed by atoms with Gasteiger partial charge in [0.2, 0.25) is 5.03 Å². The van der Waals surface area contributed by atoms with Crippen LogP contribution < -0.4 is 10.5 Å². The summed E-state index contributed by atoms with van der Waals surface area (Å²) in [7, 11) is -3.89. The van der Waals surface area contributed by atoms with Crippen molar-refractivity contribution >= 4 is 38.9 Å². The average Bonchev–Trinajstić information content (AvgIpc) is 2.76. The van der Waals surface area contributed by atoms with Crippen LogP contribution in [-0.2, 0) is 16.6 Å². The molecule has 0 radical (unpaired) electrons. The number of hydrogen-bond acceptors (Lipinski definition) is 4. The van der Waals surface area contributed by atoms with Gasteiger partial charge in [-0.05, 0) is 19.1 Å². The van der Waals surface area contributed by atoms with E-state index in [0.717, 1.165) is 0 Å². The van der Waals surface area contributed by atoms with Gasteiger partial charge in [-0.15, -0.1) is 0 Å². The highest BCUT2D eigenvalue weighted by Crippen LogP contribution is 2.31. The van der Waals surface area contributed by atoms with Gasteiger partial charge in [0.15, 0.2) is 0 Å². The van der Waals surface area contributed by atoms with Crippen LogP contribution in [0.4, 0.5) is 5.69 Å². The zero-order chi connectivity index (χ0) is 14.9. The Morgan fingerprint density at radius 2 is 2.10 bits per heavy atom. The molecule has 0 aliphatic heterocycles. The quantitative estimate of drug-likeness (QED) is 0.798. The lowest BCUT2D eigenvalue weighted by Gasteiger charge is -2.09. The van der Waals surface area contributed by atoms with E-state index in [1.54, 1.807) is 19.1 Å². The summed E-state index contributed by atoms with van der Waals surface area (Å²) in [6.07, 6.45) is 0. The highest BCUT2D eigenvalue weighted by molar-refractivity contribution is 7.92. The second kappa shape index (κ2) is 5.61. The topological polar surface area (TPSA) is 101 Å². The summed E-state index contributed by atoms with van der Waals surface area (Å²) in [6, 6.07) is 4.66. The van der Waals surface area contributed by atoms with Crippen LogP contribution in [0, 0.1) is 6.92 Å². The summed E-state index contributed by atoms with van der Waals surface area (Å²) in [5.41, 5.74) is 6.75. The van der Waals surface area contributed by atoms with Crippen LogP contribution in [0.25, 0.3) is 0 Å². The van der Waals surface area contributed by atoms with Gasteiger partial charge < -0.3 is 5.73 Å². The molecule has 2 aromatic rings. The molecule has 0 aliphatic carbocycles. The second-order valence-electron chi connectivity index (χ2n) is 4.04. The molecule has 9 heteroatoms. The molecular formula is C11H12Cl2N4O2S. The van der Waals surface area contributed by atoms with Gasteiger partial charge in [-0.2, -0.15) is 13.5 Å².